The average molecular weight is 251 g/mol. The maximum atomic E-state index is 11.2. The number of hydrogen-bond donors (Lipinski definition) is 1. The van der Waals surface area contributed by atoms with Crippen molar-refractivity contribution >= 4 is 11.7 Å². The van der Waals surface area contributed by atoms with Gasteiger partial charge in [-0.3, -0.25) is 4.79 Å². The number of phenols is 1. The molecule has 0 unspecified atom stereocenters. The predicted octanol–water partition coefficient (Wildman–Crippen LogP) is 1.89. The molecule has 0 amide bonds. The Morgan fingerprint density at radius 3 is 2.56 bits per heavy atom. The van der Waals surface area contributed by atoms with E-state index in [0.29, 0.717) is 18.7 Å². The molecule has 1 rings (SSSR count). The van der Waals surface area contributed by atoms with Gasteiger partial charge in [-0.1, -0.05) is 17.3 Å². The van der Waals surface area contributed by atoms with Crippen LogP contribution in [0, 0.1) is 0 Å². The minimum atomic E-state index is -0.354. The van der Waals surface area contributed by atoms with Crippen LogP contribution in [0.1, 0.15) is 18.9 Å². The number of phenolic OH excluding ortho intramolecular Hbond substituents is 1. The molecule has 1 aromatic carbocycles. The Balaban J connectivity index is 2.71. The molecule has 0 radical (unpaired) electrons. The monoisotopic (exact) mass is 251 g/mol. The largest absolute Gasteiger partial charge is 0.508 e. The number of aromatic hydroxyl groups is 1. The van der Waals surface area contributed by atoms with Gasteiger partial charge in [-0.25, -0.2) is 0 Å². The van der Waals surface area contributed by atoms with Gasteiger partial charge in [0.15, 0.2) is 0 Å². The normalized spacial score (nSPS) is 11.1. The number of benzene rings is 1. The number of oxime groups is 1. The van der Waals surface area contributed by atoms with E-state index in [2.05, 4.69) is 9.89 Å². The molecule has 0 aliphatic rings. The fourth-order valence-corrected chi connectivity index (χ4v) is 1.37. The highest BCUT2D eigenvalue weighted by Gasteiger charge is 2.09. The predicted molar refractivity (Wildman–Crippen MR) is 67.5 cm³/mol. The molecule has 1 aromatic rings. The zero-order valence-electron chi connectivity index (χ0n) is 10.5. The molecule has 0 aliphatic carbocycles. The van der Waals surface area contributed by atoms with Crippen molar-refractivity contribution in [2.75, 3.05) is 13.7 Å². The van der Waals surface area contributed by atoms with Crippen molar-refractivity contribution in [1.29, 1.82) is 0 Å². The summed E-state index contributed by atoms with van der Waals surface area (Å²) in [4.78, 5) is 16.2. The van der Waals surface area contributed by atoms with Gasteiger partial charge in [-0.15, -0.1) is 0 Å². The molecule has 18 heavy (non-hydrogen) atoms. The van der Waals surface area contributed by atoms with E-state index in [-0.39, 0.29) is 18.1 Å². The Morgan fingerprint density at radius 2 is 2.00 bits per heavy atom. The highest BCUT2D eigenvalue weighted by atomic mass is 16.6. The molecule has 5 heteroatoms. The first kappa shape index (κ1) is 14.0. The van der Waals surface area contributed by atoms with E-state index in [9.17, 15) is 9.90 Å². The van der Waals surface area contributed by atoms with Gasteiger partial charge in [-0.2, -0.15) is 0 Å². The zero-order chi connectivity index (χ0) is 13.4. The second kappa shape index (κ2) is 7.32. The minimum Gasteiger partial charge on any atom is -0.508 e. The maximum absolute atomic E-state index is 11.2. The molecular formula is C13H17NO4. The van der Waals surface area contributed by atoms with Gasteiger partial charge >= 0.3 is 5.97 Å². The number of nitrogens with zero attached hydrogens (tertiary/aromatic N) is 1. The number of esters is 1. The first-order valence-electron chi connectivity index (χ1n) is 5.68. The van der Waals surface area contributed by atoms with Crippen molar-refractivity contribution in [2.45, 2.75) is 19.8 Å². The molecule has 0 fully saturated rings. The summed E-state index contributed by atoms with van der Waals surface area (Å²) in [6, 6.07) is 6.72. The molecule has 0 saturated heterocycles. The first-order chi connectivity index (χ1) is 8.65. The van der Waals surface area contributed by atoms with E-state index < -0.39 is 0 Å². The van der Waals surface area contributed by atoms with Crippen molar-refractivity contribution < 1.29 is 19.5 Å². The molecule has 0 atom stereocenters. The van der Waals surface area contributed by atoms with Gasteiger partial charge < -0.3 is 14.7 Å². The Hall–Kier alpha value is -2.04. The molecule has 0 aromatic heterocycles. The van der Waals surface area contributed by atoms with E-state index in [1.54, 1.807) is 24.3 Å². The molecule has 0 heterocycles. The number of methoxy groups -OCH3 is 1. The van der Waals surface area contributed by atoms with Gasteiger partial charge in [0.25, 0.3) is 0 Å². The molecule has 98 valence electrons. The number of hydrogen-bond acceptors (Lipinski definition) is 5. The lowest BCUT2D eigenvalue weighted by Crippen LogP contribution is -2.12. The number of ether oxygens (including phenoxy) is 1. The molecule has 5 nitrogen and oxygen atoms in total. The average Bonchev–Trinajstić information content (AvgIpc) is 2.38. The summed E-state index contributed by atoms with van der Waals surface area (Å²) in [5, 5.41) is 13.1. The highest BCUT2D eigenvalue weighted by molar-refractivity contribution is 5.99. The van der Waals surface area contributed by atoms with Gasteiger partial charge in [0.1, 0.15) is 12.4 Å². The number of rotatable bonds is 6. The second-order valence-corrected chi connectivity index (χ2v) is 3.67. The molecule has 0 saturated carbocycles. The van der Waals surface area contributed by atoms with Crippen LogP contribution in [0.15, 0.2) is 29.4 Å². The SMILES string of the molecule is CCO/N=C(\CC(=O)OC)Cc1ccc(O)cc1. The van der Waals surface area contributed by atoms with Crippen LogP contribution >= 0.6 is 0 Å². The maximum Gasteiger partial charge on any atom is 0.311 e. The van der Waals surface area contributed by atoms with Crippen molar-refractivity contribution in [1.82, 2.24) is 0 Å². The van der Waals surface area contributed by atoms with Crippen LogP contribution in [0.2, 0.25) is 0 Å². The lowest BCUT2D eigenvalue weighted by molar-refractivity contribution is -0.139. The molecular weight excluding hydrogens is 234 g/mol. The minimum absolute atomic E-state index is 0.0946. The lowest BCUT2D eigenvalue weighted by Gasteiger charge is -2.05. The number of carbonyl (C=O) groups excluding carboxylic acids is 1. The standard InChI is InChI=1S/C13H17NO4/c1-3-18-14-11(9-13(16)17-2)8-10-4-6-12(15)7-5-10/h4-7,15H,3,8-9H2,1-2H3/b14-11-. The van der Waals surface area contributed by atoms with Crippen LogP contribution < -0.4 is 0 Å². The third-order valence-electron chi connectivity index (χ3n) is 2.24. The number of carbonyl (C=O) groups is 1. The van der Waals surface area contributed by atoms with E-state index in [1.807, 2.05) is 6.92 Å². The first-order valence-corrected chi connectivity index (χ1v) is 5.68. The van der Waals surface area contributed by atoms with Crippen molar-refractivity contribution in [3.05, 3.63) is 29.8 Å². The second-order valence-electron chi connectivity index (χ2n) is 3.67. The Labute approximate surface area is 106 Å². The fourth-order valence-electron chi connectivity index (χ4n) is 1.37. The van der Waals surface area contributed by atoms with Crippen LogP contribution in [-0.2, 0) is 20.8 Å². The van der Waals surface area contributed by atoms with Crippen molar-refractivity contribution in [3.8, 4) is 5.75 Å². The van der Waals surface area contributed by atoms with Gasteiger partial charge in [-0.05, 0) is 24.6 Å². The van der Waals surface area contributed by atoms with E-state index >= 15 is 0 Å². The zero-order valence-corrected chi connectivity index (χ0v) is 10.5. The summed E-state index contributed by atoms with van der Waals surface area (Å²) in [5.41, 5.74) is 1.53. The van der Waals surface area contributed by atoms with Crippen LogP contribution in [0.5, 0.6) is 5.75 Å². The topological polar surface area (TPSA) is 68.1 Å². The third-order valence-corrected chi connectivity index (χ3v) is 2.24. The van der Waals surface area contributed by atoms with E-state index in [4.69, 9.17) is 4.84 Å². The van der Waals surface area contributed by atoms with Crippen LogP contribution in [0.3, 0.4) is 0 Å². The van der Waals surface area contributed by atoms with Gasteiger partial charge in [0, 0.05) is 6.42 Å². The molecule has 0 spiro atoms. The lowest BCUT2D eigenvalue weighted by atomic mass is 10.1. The summed E-state index contributed by atoms with van der Waals surface area (Å²) in [6.07, 6.45) is 0.576. The molecule has 1 N–H and O–H groups in total. The highest BCUT2D eigenvalue weighted by Crippen LogP contribution is 2.11. The van der Waals surface area contributed by atoms with Crippen molar-refractivity contribution in [2.24, 2.45) is 5.16 Å². The smallest absolute Gasteiger partial charge is 0.311 e. The summed E-state index contributed by atoms with van der Waals surface area (Å²) in [6.45, 7) is 2.26. The summed E-state index contributed by atoms with van der Waals surface area (Å²) >= 11 is 0. The summed E-state index contributed by atoms with van der Waals surface area (Å²) in [5.74, 6) is -0.151. The summed E-state index contributed by atoms with van der Waals surface area (Å²) in [7, 11) is 1.33. The third kappa shape index (κ3) is 4.86. The molecule has 0 aliphatic heterocycles. The van der Waals surface area contributed by atoms with Crippen molar-refractivity contribution in [3.63, 3.8) is 0 Å². The van der Waals surface area contributed by atoms with Crippen LogP contribution in [0.4, 0.5) is 0 Å². The van der Waals surface area contributed by atoms with E-state index in [1.165, 1.54) is 7.11 Å². The fraction of sp³-hybridized carbons (Fsp3) is 0.385. The quantitative estimate of drug-likeness (QED) is 0.476. The Bertz CT molecular complexity index is 412. The summed E-state index contributed by atoms with van der Waals surface area (Å²) < 4.78 is 4.60. The van der Waals surface area contributed by atoms with Crippen LogP contribution in [0.25, 0.3) is 0 Å². The van der Waals surface area contributed by atoms with Gasteiger partial charge in [0.2, 0.25) is 0 Å². The Morgan fingerprint density at radius 1 is 1.33 bits per heavy atom. The molecule has 0 bridgehead atoms. The van der Waals surface area contributed by atoms with Gasteiger partial charge in [0.05, 0.1) is 19.2 Å². The van der Waals surface area contributed by atoms with Crippen LogP contribution in [-0.4, -0.2) is 30.5 Å². The van der Waals surface area contributed by atoms with E-state index in [0.717, 1.165) is 5.56 Å². The Kier molecular flexibility index (Phi) is 5.70.